The third-order valence-corrected chi connectivity index (χ3v) is 4.81. The van der Waals surface area contributed by atoms with Crippen LogP contribution in [-0.2, 0) is 0 Å². The van der Waals surface area contributed by atoms with Gasteiger partial charge in [0.1, 0.15) is 6.10 Å². The maximum atomic E-state index is 10.5. The van der Waals surface area contributed by atoms with Crippen LogP contribution in [0.25, 0.3) is 0 Å². The number of thiophene rings is 1. The van der Waals surface area contributed by atoms with Crippen LogP contribution >= 0.6 is 27.3 Å². The molecule has 0 spiro atoms. The highest BCUT2D eigenvalue weighted by atomic mass is 79.9. The van der Waals surface area contributed by atoms with E-state index in [-0.39, 0.29) is 6.04 Å². The normalized spacial score (nSPS) is 13.3. The summed E-state index contributed by atoms with van der Waals surface area (Å²) in [7, 11) is 0. The number of hydrogen-bond donors (Lipinski definition) is 1. The first kappa shape index (κ1) is 13.8. The summed E-state index contributed by atoms with van der Waals surface area (Å²) in [5, 5.41) is 14.9. The Balaban J connectivity index is 2.45. The summed E-state index contributed by atoms with van der Waals surface area (Å²) < 4.78 is 2.71. The van der Waals surface area contributed by atoms with Crippen molar-refractivity contribution in [1.82, 2.24) is 9.78 Å². The van der Waals surface area contributed by atoms with Gasteiger partial charge in [-0.2, -0.15) is 5.10 Å². The number of hydrogen-bond acceptors (Lipinski definition) is 3. The van der Waals surface area contributed by atoms with Gasteiger partial charge in [-0.3, -0.25) is 4.68 Å². The first-order valence-corrected chi connectivity index (χ1v) is 7.50. The summed E-state index contributed by atoms with van der Waals surface area (Å²) in [6, 6.07) is 2.28. The molecule has 0 aliphatic rings. The molecule has 1 unspecified atom stereocenters. The maximum Gasteiger partial charge on any atom is 0.131 e. The summed E-state index contributed by atoms with van der Waals surface area (Å²) >= 11 is 5.11. The Hall–Kier alpha value is -0.650. The summed E-state index contributed by atoms with van der Waals surface area (Å²) in [5.41, 5.74) is 2.05. The second-order valence-electron chi connectivity index (χ2n) is 4.71. The molecule has 5 heteroatoms. The van der Waals surface area contributed by atoms with Crippen molar-refractivity contribution in [3.63, 3.8) is 0 Å². The van der Waals surface area contributed by atoms with Crippen LogP contribution in [0.4, 0.5) is 0 Å². The fraction of sp³-hybridized carbons (Fsp3) is 0.462. The van der Waals surface area contributed by atoms with E-state index < -0.39 is 6.10 Å². The van der Waals surface area contributed by atoms with Gasteiger partial charge in [0.15, 0.2) is 0 Å². The smallest absolute Gasteiger partial charge is 0.131 e. The van der Waals surface area contributed by atoms with Crippen molar-refractivity contribution in [2.45, 2.75) is 39.8 Å². The quantitative estimate of drug-likeness (QED) is 0.925. The maximum absolute atomic E-state index is 10.5. The minimum absolute atomic E-state index is 0.225. The van der Waals surface area contributed by atoms with Gasteiger partial charge in [-0.15, -0.1) is 11.3 Å². The van der Waals surface area contributed by atoms with Crippen molar-refractivity contribution in [2.75, 3.05) is 0 Å². The van der Waals surface area contributed by atoms with Crippen LogP contribution in [-0.4, -0.2) is 14.9 Å². The second kappa shape index (κ2) is 5.15. The van der Waals surface area contributed by atoms with E-state index in [1.165, 1.54) is 10.4 Å². The molecule has 0 saturated carbocycles. The van der Waals surface area contributed by atoms with Crippen LogP contribution < -0.4 is 0 Å². The zero-order valence-electron chi connectivity index (χ0n) is 10.9. The third-order valence-electron chi connectivity index (χ3n) is 2.99. The Kier molecular flexibility index (Phi) is 3.94. The van der Waals surface area contributed by atoms with Crippen LogP contribution in [0.5, 0.6) is 0 Å². The second-order valence-corrected chi connectivity index (χ2v) is 6.85. The largest absolute Gasteiger partial charge is 0.381 e. The van der Waals surface area contributed by atoms with Crippen LogP contribution in [0.3, 0.4) is 0 Å². The molecule has 0 aliphatic carbocycles. The molecule has 18 heavy (non-hydrogen) atoms. The summed E-state index contributed by atoms with van der Waals surface area (Å²) in [5.74, 6) is 0. The Bertz CT molecular complexity index is 540. The number of aryl methyl sites for hydroxylation is 2. The van der Waals surface area contributed by atoms with E-state index >= 15 is 0 Å². The highest BCUT2D eigenvalue weighted by Crippen LogP contribution is 2.34. The Labute approximate surface area is 120 Å². The van der Waals surface area contributed by atoms with Crippen molar-refractivity contribution in [3.05, 3.63) is 37.7 Å². The lowest BCUT2D eigenvalue weighted by Gasteiger charge is -2.15. The minimum atomic E-state index is -0.623. The predicted molar refractivity (Wildman–Crippen MR) is 78.2 cm³/mol. The molecule has 0 aromatic carbocycles. The van der Waals surface area contributed by atoms with Gasteiger partial charge in [0.05, 0.1) is 16.4 Å². The van der Waals surface area contributed by atoms with Crippen molar-refractivity contribution < 1.29 is 5.11 Å². The standard InChI is InChI=1S/C13H17BrN2OS/c1-7(2)16-12(10(14)6-15-16)13(17)11-5-8(3)9(4)18-11/h5-7,13,17H,1-4H3. The Morgan fingerprint density at radius 2 is 2.06 bits per heavy atom. The van der Waals surface area contributed by atoms with E-state index in [2.05, 4.69) is 54.8 Å². The lowest BCUT2D eigenvalue weighted by atomic mass is 10.2. The number of halogens is 1. The highest BCUT2D eigenvalue weighted by molar-refractivity contribution is 9.10. The van der Waals surface area contributed by atoms with Crippen LogP contribution in [0.2, 0.25) is 0 Å². The van der Waals surface area contributed by atoms with E-state index in [0.717, 1.165) is 15.0 Å². The van der Waals surface area contributed by atoms with Crippen molar-refractivity contribution in [1.29, 1.82) is 0 Å². The van der Waals surface area contributed by atoms with Gasteiger partial charge in [0.25, 0.3) is 0 Å². The lowest BCUT2D eigenvalue weighted by Crippen LogP contribution is -2.11. The number of rotatable bonds is 3. The Morgan fingerprint density at radius 3 is 2.56 bits per heavy atom. The topological polar surface area (TPSA) is 38.1 Å². The van der Waals surface area contributed by atoms with Crippen molar-refractivity contribution >= 4 is 27.3 Å². The summed E-state index contributed by atoms with van der Waals surface area (Å²) in [6.45, 7) is 8.25. The predicted octanol–water partition coefficient (Wildman–Crippen LogP) is 3.99. The molecule has 0 aliphatic heterocycles. The molecular formula is C13H17BrN2OS. The summed E-state index contributed by atoms with van der Waals surface area (Å²) in [4.78, 5) is 2.21. The SMILES string of the molecule is Cc1cc(C(O)c2c(Br)cnn2C(C)C)sc1C. The monoisotopic (exact) mass is 328 g/mol. The molecule has 2 aromatic heterocycles. The molecule has 0 saturated heterocycles. The molecule has 98 valence electrons. The van der Waals surface area contributed by atoms with Gasteiger partial charge in [-0.1, -0.05) is 0 Å². The van der Waals surface area contributed by atoms with Crippen LogP contribution in [0.1, 0.15) is 47.0 Å². The molecule has 1 N–H and O–H groups in total. The molecule has 2 aromatic rings. The van der Waals surface area contributed by atoms with Gasteiger partial charge in [-0.05, 0) is 55.3 Å². The van der Waals surface area contributed by atoms with E-state index in [4.69, 9.17) is 0 Å². The van der Waals surface area contributed by atoms with Crippen molar-refractivity contribution in [3.8, 4) is 0 Å². The summed E-state index contributed by atoms with van der Waals surface area (Å²) in [6.07, 6.45) is 1.12. The molecular weight excluding hydrogens is 312 g/mol. The molecule has 3 nitrogen and oxygen atoms in total. The molecule has 0 bridgehead atoms. The van der Waals surface area contributed by atoms with Gasteiger partial charge in [0, 0.05) is 15.8 Å². The van der Waals surface area contributed by atoms with Gasteiger partial charge < -0.3 is 5.11 Å². The Morgan fingerprint density at radius 1 is 1.39 bits per heavy atom. The van der Waals surface area contributed by atoms with Gasteiger partial charge in [-0.25, -0.2) is 0 Å². The minimum Gasteiger partial charge on any atom is -0.381 e. The van der Waals surface area contributed by atoms with Crippen molar-refractivity contribution in [2.24, 2.45) is 0 Å². The van der Waals surface area contributed by atoms with E-state index in [9.17, 15) is 5.11 Å². The molecule has 2 heterocycles. The average molecular weight is 329 g/mol. The lowest BCUT2D eigenvalue weighted by molar-refractivity contribution is 0.208. The number of aliphatic hydroxyl groups is 1. The number of aliphatic hydroxyl groups excluding tert-OH is 1. The first-order valence-electron chi connectivity index (χ1n) is 5.89. The fourth-order valence-corrected chi connectivity index (χ4v) is 3.41. The van der Waals surface area contributed by atoms with E-state index in [1.54, 1.807) is 17.5 Å². The molecule has 0 fully saturated rings. The zero-order valence-corrected chi connectivity index (χ0v) is 13.3. The third kappa shape index (κ3) is 2.39. The van der Waals surface area contributed by atoms with Crippen LogP contribution in [0, 0.1) is 13.8 Å². The fourth-order valence-electron chi connectivity index (χ4n) is 1.89. The zero-order chi connectivity index (χ0) is 13.4. The average Bonchev–Trinajstić information content (AvgIpc) is 2.83. The molecule has 1 atom stereocenters. The molecule has 2 rings (SSSR count). The first-order chi connectivity index (χ1) is 8.41. The molecule has 0 radical (unpaired) electrons. The molecule has 0 amide bonds. The number of aromatic nitrogens is 2. The van der Waals surface area contributed by atoms with Gasteiger partial charge >= 0.3 is 0 Å². The van der Waals surface area contributed by atoms with E-state index in [1.807, 2.05) is 4.68 Å². The van der Waals surface area contributed by atoms with Crippen LogP contribution in [0.15, 0.2) is 16.7 Å². The van der Waals surface area contributed by atoms with E-state index in [0.29, 0.717) is 0 Å². The highest BCUT2D eigenvalue weighted by Gasteiger charge is 2.22. The van der Waals surface area contributed by atoms with Gasteiger partial charge in [0.2, 0.25) is 0 Å². The number of nitrogens with zero attached hydrogens (tertiary/aromatic N) is 2.